The van der Waals surface area contributed by atoms with Gasteiger partial charge >= 0.3 is 0 Å². The highest BCUT2D eigenvalue weighted by molar-refractivity contribution is 6.30. The van der Waals surface area contributed by atoms with Crippen molar-refractivity contribution < 1.29 is 0 Å². The van der Waals surface area contributed by atoms with E-state index < -0.39 is 0 Å². The molecule has 0 aliphatic carbocycles. The van der Waals surface area contributed by atoms with Crippen LogP contribution in [0.3, 0.4) is 0 Å². The third-order valence-corrected chi connectivity index (χ3v) is 1.95. The molecule has 0 unspecified atom stereocenters. The lowest BCUT2D eigenvalue weighted by molar-refractivity contribution is 1.62. The fourth-order valence-electron chi connectivity index (χ4n) is 1.05. The SMILES string of the molecule is C=CC=C(C=C)c1ccc(Cl)cc1. The first kappa shape index (κ1) is 9.82. The molecule has 1 aromatic carbocycles. The van der Waals surface area contributed by atoms with Gasteiger partial charge in [0.25, 0.3) is 0 Å². The van der Waals surface area contributed by atoms with Gasteiger partial charge in [0.15, 0.2) is 0 Å². The van der Waals surface area contributed by atoms with E-state index in [4.69, 9.17) is 11.6 Å². The van der Waals surface area contributed by atoms with Gasteiger partial charge in [-0.25, -0.2) is 0 Å². The molecule has 1 rings (SSSR count). The maximum Gasteiger partial charge on any atom is 0.0406 e. The lowest BCUT2D eigenvalue weighted by atomic mass is 10.1. The van der Waals surface area contributed by atoms with E-state index in [1.54, 1.807) is 12.2 Å². The summed E-state index contributed by atoms with van der Waals surface area (Å²) in [5.41, 5.74) is 2.14. The minimum absolute atomic E-state index is 0.741. The second-order valence-corrected chi connectivity index (χ2v) is 3.01. The van der Waals surface area contributed by atoms with Crippen molar-refractivity contribution >= 4 is 17.2 Å². The largest absolute Gasteiger partial charge is 0.0990 e. The number of benzene rings is 1. The van der Waals surface area contributed by atoms with E-state index in [0.717, 1.165) is 16.2 Å². The Bertz CT molecular complexity index is 331. The second-order valence-electron chi connectivity index (χ2n) is 2.57. The molecule has 0 aliphatic heterocycles. The molecular weight excluding hydrogens is 180 g/mol. The topological polar surface area (TPSA) is 0 Å². The highest BCUT2D eigenvalue weighted by Crippen LogP contribution is 2.18. The predicted octanol–water partition coefficient (Wildman–Crippen LogP) is 4.10. The summed E-state index contributed by atoms with van der Waals surface area (Å²) < 4.78 is 0. The van der Waals surface area contributed by atoms with Crippen molar-refractivity contribution in [1.29, 1.82) is 0 Å². The van der Waals surface area contributed by atoms with Gasteiger partial charge in [0.1, 0.15) is 0 Å². The first-order valence-electron chi connectivity index (χ1n) is 3.99. The van der Waals surface area contributed by atoms with Crippen LogP contribution in [-0.2, 0) is 0 Å². The molecule has 0 nitrogen and oxygen atoms in total. The van der Waals surface area contributed by atoms with E-state index >= 15 is 0 Å². The lowest BCUT2D eigenvalue weighted by Crippen LogP contribution is -1.78. The Labute approximate surface area is 83.9 Å². The zero-order chi connectivity index (χ0) is 9.68. The van der Waals surface area contributed by atoms with E-state index in [1.807, 2.05) is 30.3 Å². The van der Waals surface area contributed by atoms with Crippen LogP contribution in [0.4, 0.5) is 0 Å². The van der Waals surface area contributed by atoms with E-state index in [0.29, 0.717) is 0 Å². The highest BCUT2D eigenvalue weighted by atomic mass is 35.5. The van der Waals surface area contributed by atoms with Gasteiger partial charge in [0, 0.05) is 5.02 Å². The minimum Gasteiger partial charge on any atom is -0.0990 e. The van der Waals surface area contributed by atoms with Gasteiger partial charge in [-0.05, 0) is 23.3 Å². The Kier molecular flexibility index (Phi) is 3.53. The first-order valence-corrected chi connectivity index (χ1v) is 4.37. The number of hydrogen-bond donors (Lipinski definition) is 0. The summed E-state index contributed by atoms with van der Waals surface area (Å²) in [6.07, 6.45) is 5.45. The zero-order valence-electron chi connectivity index (χ0n) is 7.33. The molecule has 0 fully saturated rings. The molecule has 0 amide bonds. The van der Waals surface area contributed by atoms with Crippen molar-refractivity contribution in [2.45, 2.75) is 0 Å². The smallest absolute Gasteiger partial charge is 0.0406 e. The molecule has 13 heavy (non-hydrogen) atoms. The second kappa shape index (κ2) is 4.68. The summed E-state index contributed by atoms with van der Waals surface area (Å²) in [5, 5.41) is 0.741. The van der Waals surface area contributed by atoms with Crippen LogP contribution in [0, 0.1) is 0 Å². The van der Waals surface area contributed by atoms with Gasteiger partial charge in [-0.1, -0.05) is 55.1 Å². The Hall–Kier alpha value is -1.27. The molecule has 0 atom stereocenters. The molecule has 0 spiro atoms. The molecular formula is C12H11Cl. The summed E-state index contributed by atoms with van der Waals surface area (Å²) >= 11 is 5.77. The highest BCUT2D eigenvalue weighted by Gasteiger charge is 1.95. The predicted molar refractivity (Wildman–Crippen MR) is 59.8 cm³/mol. The Morgan fingerprint density at radius 3 is 2.23 bits per heavy atom. The fourth-order valence-corrected chi connectivity index (χ4v) is 1.18. The quantitative estimate of drug-likeness (QED) is 0.630. The molecule has 0 radical (unpaired) electrons. The van der Waals surface area contributed by atoms with Crippen LogP contribution in [0.15, 0.2) is 55.7 Å². The van der Waals surface area contributed by atoms with Crippen molar-refractivity contribution in [1.82, 2.24) is 0 Å². The van der Waals surface area contributed by atoms with Crippen LogP contribution >= 0.6 is 11.6 Å². The van der Waals surface area contributed by atoms with Crippen molar-refractivity contribution in [3.8, 4) is 0 Å². The fraction of sp³-hybridized carbons (Fsp3) is 0. The van der Waals surface area contributed by atoms with E-state index in [-0.39, 0.29) is 0 Å². The Morgan fingerprint density at radius 2 is 1.77 bits per heavy atom. The van der Waals surface area contributed by atoms with Gasteiger partial charge in [-0.3, -0.25) is 0 Å². The van der Waals surface area contributed by atoms with Gasteiger partial charge < -0.3 is 0 Å². The molecule has 1 aromatic rings. The maximum absolute atomic E-state index is 5.77. The Morgan fingerprint density at radius 1 is 1.15 bits per heavy atom. The number of halogens is 1. The zero-order valence-corrected chi connectivity index (χ0v) is 8.09. The molecule has 1 heteroatoms. The van der Waals surface area contributed by atoms with Gasteiger partial charge in [0.2, 0.25) is 0 Å². The molecule has 0 N–H and O–H groups in total. The average Bonchev–Trinajstić information content (AvgIpc) is 2.16. The molecule has 0 aliphatic rings. The van der Waals surface area contributed by atoms with Crippen LogP contribution in [-0.4, -0.2) is 0 Å². The van der Waals surface area contributed by atoms with Crippen LogP contribution < -0.4 is 0 Å². The van der Waals surface area contributed by atoms with E-state index in [1.165, 1.54) is 0 Å². The van der Waals surface area contributed by atoms with E-state index in [9.17, 15) is 0 Å². The standard InChI is InChI=1S/C12H11Cl/c1-3-5-10(4-2)11-6-8-12(13)9-7-11/h3-9H,1-2H2. The lowest BCUT2D eigenvalue weighted by Gasteiger charge is -2.00. The van der Waals surface area contributed by atoms with Gasteiger partial charge in [-0.2, -0.15) is 0 Å². The first-order chi connectivity index (χ1) is 6.27. The maximum atomic E-state index is 5.77. The summed E-state index contributed by atoms with van der Waals surface area (Å²) in [6, 6.07) is 7.63. The molecule has 0 saturated heterocycles. The normalized spacial score (nSPS) is 11.0. The van der Waals surface area contributed by atoms with Crippen molar-refractivity contribution in [3.05, 3.63) is 66.2 Å². The molecule has 0 aromatic heterocycles. The molecule has 0 bridgehead atoms. The summed E-state index contributed by atoms with van der Waals surface area (Å²) in [6.45, 7) is 7.37. The summed E-state index contributed by atoms with van der Waals surface area (Å²) in [5.74, 6) is 0. The third-order valence-electron chi connectivity index (χ3n) is 1.69. The molecule has 0 saturated carbocycles. The van der Waals surface area contributed by atoms with Gasteiger partial charge in [0.05, 0.1) is 0 Å². The van der Waals surface area contributed by atoms with Crippen molar-refractivity contribution in [2.75, 3.05) is 0 Å². The van der Waals surface area contributed by atoms with E-state index in [2.05, 4.69) is 13.2 Å². The number of rotatable bonds is 3. The van der Waals surface area contributed by atoms with Crippen LogP contribution in [0.2, 0.25) is 5.02 Å². The van der Waals surface area contributed by atoms with Crippen molar-refractivity contribution in [3.63, 3.8) is 0 Å². The van der Waals surface area contributed by atoms with Crippen molar-refractivity contribution in [2.24, 2.45) is 0 Å². The summed E-state index contributed by atoms with van der Waals surface area (Å²) in [4.78, 5) is 0. The molecule has 0 heterocycles. The van der Waals surface area contributed by atoms with Crippen LogP contribution in [0.5, 0.6) is 0 Å². The minimum atomic E-state index is 0.741. The molecule has 66 valence electrons. The Balaban J connectivity index is 3.06. The number of hydrogen-bond acceptors (Lipinski definition) is 0. The third kappa shape index (κ3) is 2.60. The number of allylic oxidation sites excluding steroid dienone is 4. The monoisotopic (exact) mass is 190 g/mol. The average molecular weight is 191 g/mol. The van der Waals surface area contributed by atoms with Gasteiger partial charge in [-0.15, -0.1) is 0 Å². The van der Waals surface area contributed by atoms with Crippen LogP contribution in [0.25, 0.3) is 5.57 Å². The summed E-state index contributed by atoms with van der Waals surface area (Å²) in [7, 11) is 0. The van der Waals surface area contributed by atoms with Crippen LogP contribution in [0.1, 0.15) is 5.56 Å².